The van der Waals surface area contributed by atoms with Crippen LogP contribution in [0.15, 0.2) is 48.5 Å². The number of H-pyrrole nitrogens is 1. The van der Waals surface area contributed by atoms with Crippen molar-refractivity contribution in [3.05, 3.63) is 59.7 Å². The molecule has 1 aliphatic heterocycles. The maximum atomic E-state index is 12.5. The van der Waals surface area contributed by atoms with Crippen molar-refractivity contribution in [3.8, 4) is 0 Å². The van der Waals surface area contributed by atoms with Gasteiger partial charge >= 0.3 is 0 Å². The predicted molar refractivity (Wildman–Crippen MR) is 133 cm³/mol. The number of carbonyl (C=O) groups is 1. The summed E-state index contributed by atoms with van der Waals surface area (Å²) in [6.07, 6.45) is -4.45. The molecule has 1 saturated heterocycles. The Hall–Kier alpha value is -3.27. The number of aliphatic hydroxyl groups excluding tert-OH is 2. The normalized spacial score (nSPS) is 25.2. The Morgan fingerprint density at radius 2 is 1.69 bits per heavy atom. The van der Waals surface area contributed by atoms with E-state index >= 15 is 0 Å². The van der Waals surface area contributed by atoms with Crippen LogP contribution in [0.3, 0.4) is 0 Å². The molecule has 2 aromatic heterocycles. The number of aldehydes is 1. The number of hydrogen-bond donors (Lipinski definition) is 3. The van der Waals surface area contributed by atoms with Crippen molar-refractivity contribution in [2.45, 2.75) is 37.8 Å². The van der Waals surface area contributed by atoms with Crippen LogP contribution in [-0.2, 0) is 14.2 Å². The Bertz CT molecular complexity index is 1600. The lowest BCUT2D eigenvalue weighted by molar-refractivity contribution is -0.311. The minimum absolute atomic E-state index is 0.580. The standard InChI is InChI=1S/C27H26N2O6/c1-13-16(12-30)20-15-9-5-7-11-18(15)29(26-24(32)23(31)25(33-2)27(34-3)35-26)22(20)21-19(13)14-8-4-6-10-17(14)28-21/h4-12,23-28,31-32H,1-3H3/t23-,24-,25-,26?,27+/m0/s1. The Labute approximate surface area is 200 Å². The minimum atomic E-state index is -1.31. The van der Waals surface area contributed by atoms with Crippen molar-refractivity contribution in [1.29, 1.82) is 0 Å². The lowest BCUT2D eigenvalue weighted by Crippen LogP contribution is -2.56. The number of methoxy groups -OCH3 is 2. The molecule has 5 atom stereocenters. The fourth-order valence-corrected chi connectivity index (χ4v) is 5.70. The van der Waals surface area contributed by atoms with Gasteiger partial charge in [0.2, 0.25) is 0 Å². The number of hydrogen-bond acceptors (Lipinski definition) is 6. The Kier molecular flexibility index (Phi) is 5.17. The summed E-state index contributed by atoms with van der Waals surface area (Å²) in [4.78, 5) is 16.0. The fourth-order valence-electron chi connectivity index (χ4n) is 5.70. The highest BCUT2D eigenvalue weighted by atomic mass is 16.7. The van der Waals surface area contributed by atoms with Gasteiger partial charge in [0.25, 0.3) is 0 Å². The number of aromatic amines is 1. The van der Waals surface area contributed by atoms with Crippen LogP contribution in [0.5, 0.6) is 0 Å². The Balaban J connectivity index is 1.78. The molecule has 3 N–H and O–H groups in total. The molecule has 3 aromatic carbocycles. The Morgan fingerprint density at radius 3 is 2.40 bits per heavy atom. The van der Waals surface area contributed by atoms with Crippen molar-refractivity contribution < 1.29 is 29.2 Å². The third kappa shape index (κ3) is 2.95. The summed E-state index contributed by atoms with van der Waals surface area (Å²) in [6, 6.07) is 15.6. The van der Waals surface area contributed by atoms with Crippen LogP contribution in [0.1, 0.15) is 22.1 Å². The zero-order chi connectivity index (χ0) is 24.4. The summed E-state index contributed by atoms with van der Waals surface area (Å²) in [5.74, 6) is 0. The highest BCUT2D eigenvalue weighted by molar-refractivity contribution is 6.27. The minimum Gasteiger partial charge on any atom is -0.387 e. The topological polar surface area (TPSA) is 106 Å². The quantitative estimate of drug-likeness (QED) is 0.342. The van der Waals surface area contributed by atoms with E-state index in [2.05, 4.69) is 4.98 Å². The number of nitrogens with zero attached hydrogens (tertiary/aromatic N) is 1. The van der Waals surface area contributed by atoms with Gasteiger partial charge in [0.1, 0.15) is 18.3 Å². The third-order valence-corrected chi connectivity index (χ3v) is 7.30. The van der Waals surface area contributed by atoms with Gasteiger partial charge in [-0.1, -0.05) is 36.4 Å². The molecule has 0 saturated carbocycles. The van der Waals surface area contributed by atoms with Crippen molar-refractivity contribution >= 4 is 49.9 Å². The second kappa shape index (κ2) is 8.15. The summed E-state index contributed by atoms with van der Waals surface area (Å²) >= 11 is 0. The van der Waals surface area contributed by atoms with Crippen molar-refractivity contribution in [1.82, 2.24) is 9.55 Å². The molecule has 0 bridgehead atoms. The van der Waals surface area contributed by atoms with Crippen LogP contribution in [-0.4, -0.2) is 64.9 Å². The number of carbonyl (C=O) groups excluding carboxylic acids is 1. The molecule has 5 aromatic rings. The van der Waals surface area contributed by atoms with E-state index in [4.69, 9.17) is 14.2 Å². The molecular formula is C27H26N2O6. The number of ether oxygens (including phenoxy) is 3. The first-order valence-corrected chi connectivity index (χ1v) is 11.5. The van der Waals surface area contributed by atoms with Gasteiger partial charge in [-0.2, -0.15) is 0 Å². The summed E-state index contributed by atoms with van der Waals surface area (Å²) in [6.45, 7) is 1.96. The first-order chi connectivity index (χ1) is 17.0. The van der Waals surface area contributed by atoms with E-state index in [0.717, 1.165) is 49.9 Å². The molecule has 8 heteroatoms. The molecule has 6 rings (SSSR count). The zero-order valence-electron chi connectivity index (χ0n) is 19.6. The molecule has 180 valence electrons. The molecule has 1 aliphatic rings. The van der Waals surface area contributed by atoms with Crippen LogP contribution in [0, 0.1) is 6.92 Å². The zero-order valence-corrected chi connectivity index (χ0v) is 19.6. The number of nitrogens with one attached hydrogen (secondary N) is 1. The molecule has 3 heterocycles. The van der Waals surface area contributed by atoms with E-state index in [-0.39, 0.29) is 0 Å². The van der Waals surface area contributed by atoms with Gasteiger partial charge in [-0.15, -0.1) is 0 Å². The summed E-state index contributed by atoms with van der Waals surface area (Å²) in [7, 11) is 2.90. The largest absolute Gasteiger partial charge is 0.387 e. The number of rotatable bonds is 4. The van der Waals surface area contributed by atoms with Crippen LogP contribution < -0.4 is 0 Å². The smallest absolute Gasteiger partial charge is 0.188 e. The summed E-state index contributed by atoms with van der Waals surface area (Å²) in [5, 5.41) is 25.7. The van der Waals surface area contributed by atoms with Crippen molar-refractivity contribution in [2.24, 2.45) is 0 Å². The third-order valence-electron chi connectivity index (χ3n) is 7.30. The van der Waals surface area contributed by atoms with Crippen LogP contribution in [0.2, 0.25) is 0 Å². The number of aliphatic hydroxyl groups is 2. The average Bonchev–Trinajstić information content (AvgIpc) is 3.43. The van der Waals surface area contributed by atoms with Gasteiger partial charge in [-0.3, -0.25) is 4.79 Å². The van der Waals surface area contributed by atoms with Gasteiger partial charge in [-0.25, -0.2) is 0 Å². The van der Waals surface area contributed by atoms with Gasteiger partial charge in [0.05, 0.1) is 16.6 Å². The number of benzene rings is 3. The number of aryl methyl sites for hydroxylation is 1. The SMILES string of the molecule is CO[C@@H]1OC(n2c3ccccc3c3c(C=O)c(C)c4c5ccccc5[nH]c4c32)[C@@H](O)[C@H](O)[C@@H]1OC. The highest BCUT2D eigenvalue weighted by Gasteiger charge is 2.47. The molecule has 0 spiro atoms. The molecule has 8 nitrogen and oxygen atoms in total. The van der Waals surface area contributed by atoms with Gasteiger partial charge in [-0.05, 0) is 24.6 Å². The number of para-hydroxylation sites is 2. The van der Waals surface area contributed by atoms with Gasteiger partial charge in [0, 0.05) is 46.8 Å². The van der Waals surface area contributed by atoms with Gasteiger partial charge < -0.3 is 34.0 Å². The van der Waals surface area contributed by atoms with E-state index in [9.17, 15) is 15.0 Å². The van der Waals surface area contributed by atoms with E-state index < -0.39 is 30.8 Å². The summed E-state index contributed by atoms with van der Waals surface area (Å²) in [5.41, 5.74) is 4.70. The second-order valence-corrected chi connectivity index (χ2v) is 9.00. The van der Waals surface area contributed by atoms with Crippen molar-refractivity contribution in [3.63, 3.8) is 0 Å². The molecule has 0 aliphatic carbocycles. The summed E-state index contributed by atoms with van der Waals surface area (Å²) < 4.78 is 18.9. The van der Waals surface area contributed by atoms with E-state index in [1.807, 2.05) is 60.0 Å². The highest BCUT2D eigenvalue weighted by Crippen LogP contribution is 2.44. The maximum Gasteiger partial charge on any atom is 0.188 e. The number of aromatic nitrogens is 2. The lowest BCUT2D eigenvalue weighted by Gasteiger charge is -2.42. The van der Waals surface area contributed by atoms with Gasteiger partial charge in [0.15, 0.2) is 18.8 Å². The molecule has 0 amide bonds. The first-order valence-electron chi connectivity index (χ1n) is 11.5. The predicted octanol–water partition coefficient (Wildman–Crippen LogP) is 3.79. The molecular weight excluding hydrogens is 448 g/mol. The van der Waals surface area contributed by atoms with Crippen LogP contribution in [0.25, 0.3) is 43.6 Å². The van der Waals surface area contributed by atoms with E-state index in [0.29, 0.717) is 11.1 Å². The van der Waals surface area contributed by atoms with Crippen LogP contribution >= 0.6 is 0 Å². The first kappa shape index (κ1) is 22.2. The van der Waals surface area contributed by atoms with Crippen molar-refractivity contribution in [2.75, 3.05) is 14.2 Å². The monoisotopic (exact) mass is 474 g/mol. The molecule has 35 heavy (non-hydrogen) atoms. The fraction of sp³-hybridized carbons (Fsp3) is 0.296. The van der Waals surface area contributed by atoms with Crippen LogP contribution in [0.4, 0.5) is 0 Å². The molecule has 0 radical (unpaired) electrons. The average molecular weight is 475 g/mol. The molecule has 1 fully saturated rings. The number of fused-ring (bicyclic) bond motifs is 7. The second-order valence-electron chi connectivity index (χ2n) is 9.00. The van der Waals surface area contributed by atoms with E-state index in [1.165, 1.54) is 14.2 Å². The van der Waals surface area contributed by atoms with E-state index in [1.54, 1.807) is 0 Å². The molecule has 1 unspecified atom stereocenters. The lowest BCUT2D eigenvalue weighted by atomic mass is 9.97. The Morgan fingerprint density at radius 1 is 0.971 bits per heavy atom. The maximum absolute atomic E-state index is 12.5.